The van der Waals surface area contributed by atoms with E-state index < -0.39 is 11.5 Å². The number of nitrogens with zero attached hydrogens (tertiary/aromatic N) is 2. The molecule has 0 spiro atoms. The Labute approximate surface area is 180 Å². The van der Waals surface area contributed by atoms with Gasteiger partial charge in [0.05, 0.1) is 6.54 Å². The number of fused-ring (bicyclic) bond motifs is 1. The van der Waals surface area contributed by atoms with Crippen LogP contribution in [0.4, 0.5) is 5.82 Å². The van der Waals surface area contributed by atoms with Gasteiger partial charge in [0.2, 0.25) is 5.56 Å². The summed E-state index contributed by atoms with van der Waals surface area (Å²) in [5.74, 6) is -0.224. The summed E-state index contributed by atoms with van der Waals surface area (Å²) in [4.78, 5) is 25.9. The molecule has 9 nitrogen and oxygen atoms in total. The number of nitrogens with one attached hydrogen (secondary N) is 2. The maximum Gasteiger partial charge on any atom is 0.378 e. The monoisotopic (exact) mass is 430 g/mol. The molecule has 1 aliphatic carbocycles. The van der Waals surface area contributed by atoms with E-state index in [4.69, 9.17) is 10.5 Å². The number of aromatic nitrogens is 3. The van der Waals surface area contributed by atoms with Gasteiger partial charge in [-0.2, -0.15) is 4.57 Å². The fourth-order valence-electron chi connectivity index (χ4n) is 3.94. The summed E-state index contributed by atoms with van der Waals surface area (Å²) in [6.45, 7) is 7.92. The van der Waals surface area contributed by atoms with Crippen molar-refractivity contribution < 1.29 is 19.2 Å². The van der Waals surface area contributed by atoms with Gasteiger partial charge in [-0.05, 0) is 43.1 Å². The molecule has 0 aromatic carbocycles. The highest BCUT2D eigenvalue weighted by molar-refractivity contribution is 5.96. The quantitative estimate of drug-likeness (QED) is 0.536. The minimum atomic E-state index is -0.617. The van der Waals surface area contributed by atoms with Gasteiger partial charge in [-0.3, -0.25) is 4.79 Å². The number of allylic oxidation sites excluding steroid dienone is 1. The van der Waals surface area contributed by atoms with Gasteiger partial charge in [0.15, 0.2) is 5.82 Å². The zero-order valence-electron chi connectivity index (χ0n) is 18.4. The molecular weight excluding hydrogens is 398 g/mol. The Hall–Kier alpha value is -2.81. The van der Waals surface area contributed by atoms with Crippen LogP contribution >= 0.6 is 0 Å². The molecule has 1 saturated heterocycles. The molecule has 0 unspecified atom stereocenters. The molecule has 0 atom stereocenters. The van der Waals surface area contributed by atoms with E-state index in [1.807, 2.05) is 26.8 Å². The Morgan fingerprint density at radius 3 is 2.61 bits per heavy atom. The van der Waals surface area contributed by atoms with Crippen LogP contribution in [-0.4, -0.2) is 39.9 Å². The summed E-state index contributed by atoms with van der Waals surface area (Å²) in [6.07, 6.45) is 7.61. The van der Waals surface area contributed by atoms with Crippen LogP contribution < -0.4 is 21.2 Å². The van der Waals surface area contributed by atoms with Crippen LogP contribution in [0.25, 0.3) is 11.7 Å². The number of hydrogen-bond acceptors (Lipinski definition) is 5. The number of H-pyrrole nitrogens is 1. The molecule has 168 valence electrons. The second kappa shape index (κ2) is 8.03. The van der Waals surface area contributed by atoms with Crippen molar-refractivity contribution in [2.75, 3.05) is 18.9 Å². The number of rotatable bonds is 5. The fraction of sp³-hybridized carbons (Fsp3) is 0.591. The highest BCUT2D eigenvalue weighted by Crippen LogP contribution is 2.25. The van der Waals surface area contributed by atoms with Crippen molar-refractivity contribution in [2.45, 2.75) is 59.0 Å². The first-order chi connectivity index (χ1) is 14.7. The molecule has 2 aromatic rings. The first-order valence-corrected chi connectivity index (χ1v) is 10.9. The standard InChI is InChI=1S/C22H31N5O4/c1-22(2,3)12-26-19-15(7-4-13-8-10-31-11-9-13)17(23)25-27(19)21(30)16(20(26)29)18(28)24-14-5-6-14/h4,7,13-14H,5-6,8-12H2,1-3H3,(H4,23,24,25,28,29,30)/p+1/b7-4+. The number of hydrogen-bond donors (Lipinski definition) is 4. The lowest BCUT2D eigenvalue weighted by atomic mass is 9.96. The Morgan fingerprint density at radius 1 is 1.32 bits per heavy atom. The summed E-state index contributed by atoms with van der Waals surface area (Å²) in [5.41, 5.74) is 6.21. The SMILES string of the molecule is CC(C)(C)C[n+]1c(O)c(C(=O)NC2CC2)c(=O)n2[nH]c(N)c(/C=C/C3CCOCC3)c21. The highest BCUT2D eigenvalue weighted by atomic mass is 16.5. The molecule has 31 heavy (non-hydrogen) atoms. The van der Waals surface area contributed by atoms with Gasteiger partial charge in [-0.15, -0.1) is 0 Å². The van der Waals surface area contributed by atoms with E-state index in [1.54, 1.807) is 4.57 Å². The van der Waals surface area contributed by atoms with Crippen LogP contribution in [0.2, 0.25) is 0 Å². The Kier molecular flexibility index (Phi) is 5.55. The first kappa shape index (κ1) is 21.4. The lowest BCUT2D eigenvalue weighted by Crippen LogP contribution is -2.47. The number of aromatic amines is 1. The molecule has 1 amide bonds. The van der Waals surface area contributed by atoms with Crippen molar-refractivity contribution in [3.63, 3.8) is 0 Å². The zero-order chi connectivity index (χ0) is 22.3. The zero-order valence-corrected chi connectivity index (χ0v) is 18.4. The molecule has 2 aliphatic rings. The molecule has 1 saturated carbocycles. The van der Waals surface area contributed by atoms with Crippen LogP contribution in [0.3, 0.4) is 0 Å². The van der Waals surface area contributed by atoms with Crippen molar-refractivity contribution in [2.24, 2.45) is 11.3 Å². The van der Waals surface area contributed by atoms with Crippen LogP contribution in [0.15, 0.2) is 10.9 Å². The number of carbonyl (C=O) groups excluding carboxylic acids is 1. The third-order valence-electron chi connectivity index (χ3n) is 5.70. The summed E-state index contributed by atoms with van der Waals surface area (Å²) in [5, 5.41) is 16.8. The number of amides is 1. The number of carbonyl (C=O) groups is 1. The molecule has 2 fully saturated rings. The minimum Gasteiger partial charge on any atom is -0.477 e. The van der Waals surface area contributed by atoms with Crippen LogP contribution in [0, 0.1) is 11.3 Å². The predicted molar refractivity (Wildman–Crippen MR) is 117 cm³/mol. The predicted octanol–water partition coefficient (Wildman–Crippen LogP) is 1.58. The minimum absolute atomic E-state index is 0.0646. The van der Waals surface area contributed by atoms with Crippen LogP contribution in [0.5, 0.6) is 5.88 Å². The summed E-state index contributed by atoms with van der Waals surface area (Å²) < 4.78 is 8.30. The topological polar surface area (TPSA) is 126 Å². The van der Waals surface area contributed by atoms with E-state index in [0.717, 1.165) is 38.9 Å². The van der Waals surface area contributed by atoms with Gasteiger partial charge >= 0.3 is 17.1 Å². The molecule has 1 aliphatic heterocycles. The van der Waals surface area contributed by atoms with E-state index >= 15 is 0 Å². The van der Waals surface area contributed by atoms with E-state index in [-0.39, 0.29) is 22.9 Å². The van der Waals surface area contributed by atoms with E-state index in [9.17, 15) is 14.7 Å². The second-order valence-corrected chi connectivity index (χ2v) is 9.81. The number of anilines is 1. The number of ether oxygens (including phenoxy) is 1. The Balaban J connectivity index is 1.87. The second-order valence-electron chi connectivity index (χ2n) is 9.81. The van der Waals surface area contributed by atoms with E-state index in [2.05, 4.69) is 16.5 Å². The van der Waals surface area contributed by atoms with Gasteiger partial charge in [-0.1, -0.05) is 31.4 Å². The maximum atomic E-state index is 13.2. The maximum absolute atomic E-state index is 13.2. The van der Waals surface area contributed by atoms with E-state index in [0.29, 0.717) is 29.5 Å². The van der Waals surface area contributed by atoms with Crippen molar-refractivity contribution in [1.29, 1.82) is 0 Å². The van der Waals surface area contributed by atoms with Gasteiger partial charge < -0.3 is 20.9 Å². The smallest absolute Gasteiger partial charge is 0.378 e. The van der Waals surface area contributed by atoms with Gasteiger partial charge in [0.25, 0.3) is 5.91 Å². The Bertz CT molecular complexity index is 1080. The number of nitrogens with two attached hydrogens (primary N) is 1. The van der Waals surface area contributed by atoms with Crippen molar-refractivity contribution >= 4 is 23.4 Å². The molecule has 0 radical (unpaired) electrons. The molecule has 5 N–H and O–H groups in total. The lowest BCUT2D eigenvalue weighted by Gasteiger charge is -2.19. The van der Waals surface area contributed by atoms with Gasteiger partial charge in [-0.25, -0.2) is 9.89 Å². The van der Waals surface area contributed by atoms with Crippen molar-refractivity contribution in [3.05, 3.63) is 27.6 Å². The summed E-state index contributed by atoms with van der Waals surface area (Å²) >= 11 is 0. The van der Waals surface area contributed by atoms with E-state index in [1.165, 1.54) is 4.52 Å². The third kappa shape index (κ3) is 4.46. The third-order valence-corrected chi connectivity index (χ3v) is 5.70. The average Bonchev–Trinajstić information content (AvgIpc) is 3.44. The highest BCUT2D eigenvalue weighted by Gasteiger charge is 2.36. The van der Waals surface area contributed by atoms with Gasteiger partial charge in [0, 0.05) is 19.3 Å². The summed E-state index contributed by atoms with van der Waals surface area (Å²) in [6, 6.07) is 0.0646. The largest absolute Gasteiger partial charge is 0.477 e. The number of nitrogen functional groups attached to an aromatic ring is 1. The van der Waals surface area contributed by atoms with Crippen molar-refractivity contribution in [3.8, 4) is 5.88 Å². The molecule has 3 heterocycles. The molecular formula is C22H32N5O4+. The van der Waals surface area contributed by atoms with Gasteiger partial charge in [0.1, 0.15) is 5.56 Å². The fourth-order valence-corrected chi connectivity index (χ4v) is 3.94. The normalized spacial score (nSPS) is 18.2. The molecule has 2 aromatic heterocycles. The van der Waals surface area contributed by atoms with Crippen molar-refractivity contribution in [1.82, 2.24) is 14.9 Å². The lowest BCUT2D eigenvalue weighted by molar-refractivity contribution is -0.692. The molecule has 9 heteroatoms. The van der Waals surface area contributed by atoms with Crippen LogP contribution in [-0.2, 0) is 11.3 Å². The molecule has 4 rings (SSSR count). The first-order valence-electron chi connectivity index (χ1n) is 10.9. The average molecular weight is 431 g/mol. The Morgan fingerprint density at radius 2 is 2.00 bits per heavy atom. The van der Waals surface area contributed by atoms with Crippen LogP contribution in [0.1, 0.15) is 62.4 Å². The summed E-state index contributed by atoms with van der Waals surface area (Å²) in [7, 11) is 0. The number of aromatic hydroxyl groups is 1. The molecule has 0 bridgehead atoms.